The van der Waals surface area contributed by atoms with Gasteiger partial charge in [-0.15, -0.1) is 11.3 Å². The number of aliphatic imine (C=N–C) groups is 1. The molecule has 0 aliphatic heterocycles. The third kappa shape index (κ3) is 6.36. The van der Waals surface area contributed by atoms with Crippen LogP contribution < -0.4 is 19.6 Å². The fourth-order valence-electron chi connectivity index (χ4n) is 3.27. The van der Waals surface area contributed by atoms with Gasteiger partial charge in [0.1, 0.15) is 5.75 Å². The average molecular weight is 489 g/mol. The molecule has 3 aromatic carbocycles. The molecule has 7 nitrogen and oxygen atoms in total. The van der Waals surface area contributed by atoms with Gasteiger partial charge in [0, 0.05) is 0 Å². The van der Waals surface area contributed by atoms with Gasteiger partial charge in [0.05, 0.1) is 42.4 Å². The molecule has 0 aliphatic rings. The van der Waals surface area contributed by atoms with E-state index in [4.69, 9.17) is 24.2 Å². The summed E-state index contributed by atoms with van der Waals surface area (Å²) in [6, 6.07) is 21.3. The number of hydrazone groups is 1. The van der Waals surface area contributed by atoms with Crippen molar-refractivity contribution < 1.29 is 14.2 Å². The molecular weight excluding hydrogens is 460 g/mol. The summed E-state index contributed by atoms with van der Waals surface area (Å²) in [4.78, 5) is 9.52. The van der Waals surface area contributed by atoms with Gasteiger partial charge in [0.25, 0.3) is 0 Å². The summed E-state index contributed by atoms with van der Waals surface area (Å²) < 4.78 is 17.8. The van der Waals surface area contributed by atoms with E-state index in [1.165, 1.54) is 0 Å². The molecule has 0 aliphatic carbocycles. The number of rotatable bonds is 10. The number of ether oxygens (including phenoxy) is 3. The molecule has 0 bridgehead atoms. The summed E-state index contributed by atoms with van der Waals surface area (Å²) in [7, 11) is 1.63. The number of nitrogens with one attached hydrogen (secondary N) is 1. The van der Waals surface area contributed by atoms with Crippen LogP contribution in [-0.2, 0) is 0 Å². The molecule has 0 saturated heterocycles. The van der Waals surface area contributed by atoms with E-state index in [1.54, 1.807) is 24.7 Å². The first-order valence-electron chi connectivity index (χ1n) is 11.5. The maximum Gasteiger partial charge on any atom is 0.183 e. The molecule has 0 amide bonds. The molecule has 180 valence electrons. The highest BCUT2D eigenvalue weighted by molar-refractivity contribution is 7.20. The van der Waals surface area contributed by atoms with Crippen LogP contribution in [0.25, 0.3) is 10.2 Å². The lowest BCUT2D eigenvalue weighted by Crippen LogP contribution is -2.18. The Labute approximate surface area is 209 Å². The fraction of sp³-hybridized carbons (Fsp3) is 0.222. The van der Waals surface area contributed by atoms with Crippen molar-refractivity contribution in [2.75, 3.05) is 20.3 Å². The molecule has 1 aromatic heterocycles. The van der Waals surface area contributed by atoms with Gasteiger partial charge in [-0.2, -0.15) is 5.10 Å². The molecular formula is C27H28N4O3S. The topological polar surface area (TPSA) is 77.3 Å². The Morgan fingerprint density at radius 2 is 1.83 bits per heavy atom. The molecule has 8 heteroatoms. The Hall–Kier alpha value is -3.91. The largest absolute Gasteiger partial charge is 0.494 e. The van der Waals surface area contributed by atoms with Crippen LogP contribution in [-0.4, -0.2) is 37.4 Å². The Kier molecular flexibility index (Phi) is 8.30. The van der Waals surface area contributed by atoms with Crippen LogP contribution in [0.5, 0.6) is 17.2 Å². The van der Waals surface area contributed by atoms with Crippen LogP contribution >= 0.6 is 11.3 Å². The van der Waals surface area contributed by atoms with Crippen molar-refractivity contribution in [1.82, 2.24) is 10.4 Å². The quantitative estimate of drug-likeness (QED) is 0.163. The summed E-state index contributed by atoms with van der Waals surface area (Å²) in [5.74, 6) is 2.74. The molecule has 0 saturated carbocycles. The van der Waals surface area contributed by atoms with E-state index in [-0.39, 0.29) is 0 Å². The van der Waals surface area contributed by atoms with E-state index in [0.29, 0.717) is 30.5 Å². The lowest BCUT2D eigenvalue weighted by Gasteiger charge is -2.10. The van der Waals surface area contributed by atoms with Crippen molar-refractivity contribution in [3.05, 3.63) is 77.3 Å². The van der Waals surface area contributed by atoms with Gasteiger partial charge in [-0.3, -0.25) is 5.43 Å². The summed E-state index contributed by atoms with van der Waals surface area (Å²) in [5.41, 5.74) is 5.64. The van der Waals surface area contributed by atoms with Crippen LogP contribution in [0, 0.1) is 0 Å². The maximum atomic E-state index is 5.73. The van der Waals surface area contributed by atoms with Gasteiger partial charge in [-0.25, -0.2) is 9.98 Å². The first-order chi connectivity index (χ1) is 17.2. The van der Waals surface area contributed by atoms with Crippen LogP contribution in [0.1, 0.15) is 30.8 Å². The fourth-order valence-corrected chi connectivity index (χ4v) is 4.18. The zero-order chi connectivity index (χ0) is 24.5. The van der Waals surface area contributed by atoms with E-state index in [1.807, 2.05) is 73.7 Å². The molecule has 0 radical (unpaired) electrons. The Morgan fingerprint density at radius 3 is 2.57 bits per heavy atom. The normalized spacial score (nSPS) is 11.7. The number of fused-ring (bicyclic) bond motifs is 1. The number of amidine groups is 1. The smallest absolute Gasteiger partial charge is 0.183 e. The SMILES string of the molecule is CCCOc1ccc(/C=N/NC(=Nc2ccc(OCC)cc2)c2nc3ccccc3s2)cc1OC. The Morgan fingerprint density at radius 1 is 1.00 bits per heavy atom. The predicted octanol–water partition coefficient (Wildman–Crippen LogP) is 6.19. The third-order valence-corrected chi connectivity index (χ3v) is 5.96. The van der Waals surface area contributed by atoms with E-state index in [0.717, 1.165) is 38.6 Å². The molecule has 35 heavy (non-hydrogen) atoms. The minimum Gasteiger partial charge on any atom is -0.494 e. The number of thiazole rings is 1. The van der Waals surface area contributed by atoms with Gasteiger partial charge in [-0.1, -0.05) is 19.1 Å². The number of nitrogens with zero attached hydrogens (tertiary/aromatic N) is 3. The first kappa shape index (κ1) is 24.2. The van der Waals surface area contributed by atoms with Crippen molar-refractivity contribution in [3.63, 3.8) is 0 Å². The lowest BCUT2D eigenvalue weighted by molar-refractivity contribution is 0.294. The third-order valence-electron chi connectivity index (χ3n) is 4.92. The van der Waals surface area contributed by atoms with Crippen molar-refractivity contribution in [2.24, 2.45) is 10.1 Å². The summed E-state index contributed by atoms with van der Waals surface area (Å²) >= 11 is 1.56. The maximum absolute atomic E-state index is 5.73. The average Bonchev–Trinajstić information content (AvgIpc) is 3.32. The lowest BCUT2D eigenvalue weighted by atomic mass is 10.2. The van der Waals surface area contributed by atoms with Crippen molar-refractivity contribution in [1.29, 1.82) is 0 Å². The molecule has 4 rings (SSSR count). The molecule has 0 unspecified atom stereocenters. The van der Waals surface area contributed by atoms with Gasteiger partial charge in [0.15, 0.2) is 22.3 Å². The van der Waals surface area contributed by atoms with Crippen molar-refractivity contribution in [3.8, 4) is 17.2 Å². The summed E-state index contributed by atoms with van der Waals surface area (Å²) in [5, 5.41) is 5.19. The molecule has 0 spiro atoms. The second-order valence-electron chi connectivity index (χ2n) is 7.50. The van der Waals surface area contributed by atoms with Gasteiger partial charge >= 0.3 is 0 Å². The molecule has 0 fully saturated rings. The van der Waals surface area contributed by atoms with Crippen LogP contribution in [0.4, 0.5) is 5.69 Å². The van der Waals surface area contributed by atoms with E-state index in [2.05, 4.69) is 17.5 Å². The van der Waals surface area contributed by atoms with E-state index < -0.39 is 0 Å². The highest BCUT2D eigenvalue weighted by atomic mass is 32.1. The van der Waals surface area contributed by atoms with Crippen LogP contribution in [0.15, 0.2) is 76.8 Å². The Bertz CT molecular complexity index is 1280. The number of benzene rings is 3. The standard InChI is InChI=1S/C27H28N4O3S/c1-4-16-34-23-15-10-19(17-24(23)32-3)18-28-31-26(27-30-22-8-6-7-9-25(22)35-27)29-20-11-13-21(14-12-20)33-5-2/h6-15,17-18H,4-5,16H2,1-3H3,(H,29,31)/b28-18+. The monoisotopic (exact) mass is 488 g/mol. The second kappa shape index (κ2) is 12.0. The highest BCUT2D eigenvalue weighted by Gasteiger charge is 2.11. The van der Waals surface area contributed by atoms with Gasteiger partial charge in [0.2, 0.25) is 0 Å². The number of hydrogen-bond donors (Lipinski definition) is 1. The molecule has 4 aromatic rings. The summed E-state index contributed by atoms with van der Waals surface area (Å²) in [6.07, 6.45) is 2.64. The number of para-hydroxylation sites is 1. The molecule has 1 N–H and O–H groups in total. The van der Waals surface area contributed by atoms with Crippen molar-refractivity contribution >= 4 is 39.3 Å². The molecule has 1 heterocycles. The van der Waals surface area contributed by atoms with E-state index in [9.17, 15) is 0 Å². The van der Waals surface area contributed by atoms with Crippen LogP contribution in [0.3, 0.4) is 0 Å². The summed E-state index contributed by atoms with van der Waals surface area (Å²) in [6.45, 7) is 5.28. The number of aromatic nitrogens is 1. The number of hydrogen-bond acceptors (Lipinski definition) is 7. The van der Waals surface area contributed by atoms with Gasteiger partial charge < -0.3 is 14.2 Å². The Balaban J connectivity index is 1.59. The van der Waals surface area contributed by atoms with Crippen LogP contribution in [0.2, 0.25) is 0 Å². The minimum atomic E-state index is 0.557. The van der Waals surface area contributed by atoms with Crippen molar-refractivity contribution in [2.45, 2.75) is 20.3 Å². The predicted molar refractivity (Wildman–Crippen MR) is 143 cm³/mol. The van der Waals surface area contributed by atoms with E-state index >= 15 is 0 Å². The highest BCUT2D eigenvalue weighted by Crippen LogP contribution is 2.28. The first-order valence-corrected chi connectivity index (χ1v) is 12.3. The van der Waals surface area contributed by atoms with Gasteiger partial charge in [-0.05, 0) is 73.5 Å². The molecule has 0 atom stereocenters. The zero-order valence-electron chi connectivity index (χ0n) is 20.0. The second-order valence-corrected chi connectivity index (χ2v) is 8.53. The minimum absolute atomic E-state index is 0.557. The zero-order valence-corrected chi connectivity index (χ0v) is 20.8. The number of methoxy groups -OCH3 is 1.